The summed E-state index contributed by atoms with van der Waals surface area (Å²) < 4.78 is 12.6. The summed E-state index contributed by atoms with van der Waals surface area (Å²) in [5, 5.41) is 15.3. The van der Waals surface area contributed by atoms with E-state index in [0.29, 0.717) is 12.2 Å². The first-order valence-electron chi connectivity index (χ1n) is 13.3. The van der Waals surface area contributed by atoms with Crippen LogP contribution in [-0.2, 0) is 10.9 Å². The molecule has 3 aromatic rings. The van der Waals surface area contributed by atoms with Crippen LogP contribution in [0.2, 0.25) is 0 Å². The van der Waals surface area contributed by atoms with Crippen molar-refractivity contribution in [2.45, 2.75) is 91.1 Å². The van der Waals surface area contributed by atoms with Crippen LogP contribution in [-0.4, -0.2) is 23.5 Å². The molecule has 0 amide bonds. The Bertz CT molecular complexity index is 1010. The van der Waals surface area contributed by atoms with E-state index in [-0.39, 0.29) is 10.9 Å². The van der Waals surface area contributed by atoms with Gasteiger partial charge in [-0.1, -0.05) is 31.0 Å². The van der Waals surface area contributed by atoms with Gasteiger partial charge in [0.2, 0.25) is 6.16 Å². The number of carboxylic acid groups (broad SMARTS) is 2. The average Bonchev–Trinajstić information content (AvgIpc) is 2.92. The van der Waals surface area contributed by atoms with E-state index in [1.165, 1.54) is 78.9 Å². The fourth-order valence-corrected chi connectivity index (χ4v) is 7.09. The Morgan fingerprint density at radius 1 is 0.622 bits per heavy atom. The SMILES string of the molecule is O=C([O-])O.c1ccc([S+](c2ccc(OC3CCCCC3)cc2)c2ccc(OC3CCCCC3)cc2)cc1. The van der Waals surface area contributed by atoms with Crippen molar-refractivity contribution in [3.63, 3.8) is 0 Å². The van der Waals surface area contributed by atoms with Crippen LogP contribution in [0.25, 0.3) is 0 Å². The molecule has 0 bridgehead atoms. The second-order valence-electron chi connectivity index (χ2n) is 9.58. The van der Waals surface area contributed by atoms with Crippen LogP contribution >= 0.6 is 0 Å². The topological polar surface area (TPSA) is 78.8 Å². The second kappa shape index (κ2) is 14.0. The lowest BCUT2D eigenvalue weighted by atomic mass is 9.98. The maximum atomic E-state index is 8.44. The molecular weight excluding hydrogens is 484 g/mol. The van der Waals surface area contributed by atoms with Gasteiger partial charge in [-0.15, -0.1) is 0 Å². The van der Waals surface area contributed by atoms with Gasteiger partial charge in [-0.3, -0.25) is 0 Å². The number of rotatable bonds is 7. The highest BCUT2D eigenvalue weighted by Crippen LogP contribution is 2.34. The first-order valence-corrected chi connectivity index (χ1v) is 14.5. The van der Waals surface area contributed by atoms with Crippen LogP contribution in [0.4, 0.5) is 4.79 Å². The summed E-state index contributed by atoms with van der Waals surface area (Å²) in [6, 6.07) is 28.5. The Labute approximate surface area is 222 Å². The largest absolute Gasteiger partial charge is 0.565 e. The molecule has 5 rings (SSSR count). The molecule has 5 nitrogen and oxygen atoms in total. The van der Waals surface area contributed by atoms with Gasteiger partial charge in [0, 0.05) is 0 Å². The quantitative estimate of drug-likeness (QED) is 0.336. The minimum Gasteiger partial charge on any atom is -0.565 e. The third kappa shape index (κ3) is 8.46. The van der Waals surface area contributed by atoms with Crippen molar-refractivity contribution in [3.05, 3.63) is 78.9 Å². The minimum atomic E-state index is -2.08. The highest BCUT2D eigenvalue weighted by molar-refractivity contribution is 7.97. The highest BCUT2D eigenvalue weighted by atomic mass is 32.2. The molecule has 0 unspecified atom stereocenters. The predicted molar refractivity (Wildman–Crippen MR) is 145 cm³/mol. The Morgan fingerprint density at radius 2 is 0.973 bits per heavy atom. The van der Waals surface area contributed by atoms with E-state index in [9.17, 15) is 0 Å². The van der Waals surface area contributed by atoms with Gasteiger partial charge >= 0.3 is 0 Å². The number of ether oxygens (including phenoxy) is 2. The van der Waals surface area contributed by atoms with Gasteiger partial charge in [-0.2, -0.15) is 0 Å². The maximum Gasteiger partial charge on any atom is 0.249 e. The molecule has 0 atom stereocenters. The fourth-order valence-electron chi connectivity index (χ4n) is 5.02. The van der Waals surface area contributed by atoms with Gasteiger partial charge in [0.05, 0.1) is 23.1 Å². The third-order valence-electron chi connectivity index (χ3n) is 6.81. The van der Waals surface area contributed by atoms with Gasteiger partial charge in [0.1, 0.15) is 11.5 Å². The summed E-state index contributed by atoms with van der Waals surface area (Å²) in [7, 11) is -0.156. The summed E-state index contributed by atoms with van der Waals surface area (Å²) >= 11 is 0. The van der Waals surface area contributed by atoms with Gasteiger partial charge in [0.25, 0.3) is 0 Å². The number of carbonyl (C=O) groups is 1. The van der Waals surface area contributed by atoms with Crippen LogP contribution in [0.15, 0.2) is 93.5 Å². The monoisotopic (exact) mass is 520 g/mol. The fraction of sp³-hybridized carbons (Fsp3) is 0.387. The van der Waals surface area contributed by atoms with E-state index in [1.54, 1.807) is 0 Å². The summed E-state index contributed by atoms with van der Waals surface area (Å²) in [5.74, 6) is 2.00. The van der Waals surface area contributed by atoms with Crippen LogP contribution < -0.4 is 14.6 Å². The first-order chi connectivity index (χ1) is 18.1. The molecule has 2 aliphatic carbocycles. The summed E-state index contributed by atoms with van der Waals surface area (Å²) in [4.78, 5) is 12.4. The van der Waals surface area contributed by atoms with Crippen molar-refractivity contribution in [2.24, 2.45) is 0 Å². The molecule has 0 aromatic heterocycles. The van der Waals surface area contributed by atoms with Crippen LogP contribution in [0, 0.1) is 0 Å². The van der Waals surface area contributed by atoms with E-state index in [0.717, 1.165) is 11.5 Å². The standard InChI is InChI=1S/C30H35O2S.CH2O3/c1-4-10-24(11-5-1)31-26-16-20-29(21-17-26)33(28-14-8-3-9-15-28)30-22-18-27(19-23-30)32-25-12-6-2-7-13-25;2-1(3)4/h3,8-9,14-25H,1-2,4-7,10-13H2;(H2,2,3,4)/q+1;/p-1. The Morgan fingerprint density at radius 3 is 1.35 bits per heavy atom. The van der Waals surface area contributed by atoms with E-state index in [4.69, 9.17) is 24.5 Å². The van der Waals surface area contributed by atoms with Gasteiger partial charge < -0.3 is 24.5 Å². The zero-order chi connectivity index (χ0) is 25.9. The van der Waals surface area contributed by atoms with Gasteiger partial charge in [-0.05, 0) is 112 Å². The Balaban J connectivity index is 0.000000747. The zero-order valence-corrected chi connectivity index (χ0v) is 22.0. The van der Waals surface area contributed by atoms with E-state index in [1.807, 2.05) is 0 Å². The van der Waals surface area contributed by atoms with Crippen molar-refractivity contribution < 1.29 is 24.5 Å². The number of benzene rings is 3. The molecule has 0 saturated heterocycles. The molecule has 196 valence electrons. The zero-order valence-electron chi connectivity index (χ0n) is 21.2. The summed E-state index contributed by atoms with van der Waals surface area (Å²) in [6.07, 6.45) is 11.3. The lowest BCUT2D eigenvalue weighted by molar-refractivity contribution is -0.275. The van der Waals surface area contributed by atoms with Crippen molar-refractivity contribution in [2.75, 3.05) is 0 Å². The average molecular weight is 521 g/mol. The summed E-state index contributed by atoms with van der Waals surface area (Å²) in [5.41, 5.74) is 0. The van der Waals surface area contributed by atoms with Crippen molar-refractivity contribution in [1.29, 1.82) is 0 Å². The van der Waals surface area contributed by atoms with E-state index < -0.39 is 6.16 Å². The molecule has 2 aliphatic rings. The lowest BCUT2D eigenvalue weighted by Crippen LogP contribution is -2.19. The van der Waals surface area contributed by atoms with Crippen LogP contribution in [0.3, 0.4) is 0 Å². The molecule has 37 heavy (non-hydrogen) atoms. The molecule has 1 N–H and O–H groups in total. The minimum absolute atomic E-state index is 0.156. The molecule has 6 heteroatoms. The molecule has 0 heterocycles. The molecule has 0 radical (unpaired) electrons. The predicted octanol–water partition coefficient (Wildman–Crippen LogP) is 7.09. The molecule has 0 spiro atoms. The normalized spacial score (nSPS) is 16.5. The Kier molecular flexibility index (Phi) is 10.2. The smallest absolute Gasteiger partial charge is 0.249 e. The highest BCUT2D eigenvalue weighted by Gasteiger charge is 2.29. The maximum absolute atomic E-state index is 8.44. The first kappa shape index (κ1) is 26.9. The number of hydrogen-bond donors (Lipinski definition) is 1. The van der Waals surface area contributed by atoms with E-state index in [2.05, 4.69) is 78.9 Å². The third-order valence-corrected chi connectivity index (χ3v) is 9.04. The van der Waals surface area contributed by atoms with Gasteiger partial charge in [-0.25, -0.2) is 0 Å². The second-order valence-corrected chi connectivity index (χ2v) is 11.6. The van der Waals surface area contributed by atoms with Gasteiger partial charge in [0.15, 0.2) is 14.7 Å². The van der Waals surface area contributed by atoms with Crippen molar-refractivity contribution in [1.82, 2.24) is 0 Å². The molecule has 0 aliphatic heterocycles. The van der Waals surface area contributed by atoms with Crippen LogP contribution in [0.5, 0.6) is 11.5 Å². The number of hydrogen-bond acceptors (Lipinski definition) is 4. The molecule has 2 fully saturated rings. The van der Waals surface area contributed by atoms with Crippen molar-refractivity contribution >= 4 is 17.1 Å². The molecule has 2 saturated carbocycles. The molecular formula is C31H36O5S. The summed E-state index contributed by atoms with van der Waals surface area (Å²) in [6.45, 7) is 0. The lowest BCUT2D eigenvalue weighted by Gasteiger charge is -2.23. The molecule has 3 aromatic carbocycles. The Hall–Kier alpha value is -3.12. The van der Waals surface area contributed by atoms with E-state index >= 15 is 0 Å². The van der Waals surface area contributed by atoms with Crippen molar-refractivity contribution in [3.8, 4) is 11.5 Å². The van der Waals surface area contributed by atoms with Crippen LogP contribution in [0.1, 0.15) is 64.2 Å².